The molecule has 4 heterocycles. The lowest BCUT2D eigenvalue weighted by Crippen LogP contribution is -2.61. The van der Waals surface area contributed by atoms with Crippen LogP contribution in [0, 0.1) is 0 Å². The molecule has 0 unspecified atom stereocenters. The number of aryl methyl sites for hydroxylation is 2. The fraction of sp³-hybridized carbons (Fsp3) is 0.708. The third-order valence-corrected chi connectivity index (χ3v) is 7.52. The topological polar surface area (TPSA) is 150 Å². The summed E-state index contributed by atoms with van der Waals surface area (Å²) in [5.41, 5.74) is 3.78. The number of hydrogen-bond donors (Lipinski definition) is 4. The molecule has 6 atom stereocenters. The number of rotatable bonds is 6. The van der Waals surface area contributed by atoms with Crippen LogP contribution in [0.5, 0.6) is 5.88 Å². The molecule has 11 nitrogen and oxygen atoms in total. The van der Waals surface area contributed by atoms with E-state index in [1.807, 2.05) is 7.05 Å². The molecule has 35 heavy (non-hydrogen) atoms. The number of aliphatic hydroxyl groups is 3. The number of fused-ring (bicyclic) bond motifs is 3. The fourth-order valence-corrected chi connectivity index (χ4v) is 5.75. The number of hydrogen-bond acceptors (Lipinski definition) is 9. The third kappa shape index (κ3) is 4.29. The van der Waals surface area contributed by atoms with Gasteiger partial charge in [-0.05, 0) is 57.2 Å². The van der Waals surface area contributed by atoms with E-state index < -0.39 is 36.7 Å². The van der Waals surface area contributed by atoms with E-state index in [9.17, 15) is 25.2 Å². The number of aromatic nitrogens is 3. The molecule has 2 fully saturated rings. The van der Waals surface area contributed by atoms with Crippen molar-refractivity contribution in [3.63, 3.8) is 0 Å². The summed E-state index contributed by atoms with van der Waals surface area (Å²) in [5, 5.41) is 45.9. The van der Waals surface area contributed by atoms with E-state index in [1.165, 1.54) is 0 Å². The van der Waals surface area contributed by atoms with E-state index >= 15 is 0 Å². The molecule has 3 aliphatic rings. The van der Waals surface area contributed by atoms with Gasteiger partial charge in [-0.15, -0.1) is 0 Å². The molecule has 2 aromatic rings. The first-order valence-corrected chi connectivity index (χ1v) is 12.5. The van der Waals surface area contributed by atoms with Gasteiger partial charge in [0.2, 0.25) is 12.2 Å². The summed E-state index contributed by atoms with van der Waals surface area (Å²) in [6.07, 6.45) is -2.63. The second-order valence-electron chi connectivity index (χ2n) is 9.93. The maximum Gasteiger partial charge on any atom is 0.335 e. The lowest BCUT2D eigenvalue weighted by molar-refractivity contribution is -0.271. The Bertz CT molecular complexity index is 1110. The average molecular weight is 491 g/mol. The van der Waals surface area contributed by atoms with Crippen LogP contribution in [0.2, 0.25) is 0 Å². The number of carboxylic acid groups (broad SMARTS) is 1. The SMILES string of the molecule is CCCN1CC[C@@H](c2nn(C)c3nc(O[C@@H]4O[C@H](C(=O)O)[C@@H](O)[C@H](O)[C@H]4O)c4c(c23)CCCC4)C1. The van der Waals surface area contributed by atoms with E-state index in [4.69, 9.17) is 19.6 Å². The standard InChI is InChI=1S/C24H34N4O7/c1-3-9-28-10-8-12(11-28)16-15-13-6-4-5-7-14(13)22(25-21(15)27(2)26-16)35-24-19(31)17(29)18(30)20(34-24)23(32)33/h12,17-20,24,29-31H,3-11H2,1-2H3,(H,32,33)/t12-,17+,18+,19-,20+,24+/m1/s1. The number of ether oxygens (including phenoxy) is 2. The Kier molecular flexibility index (Phi) is 6.71. The molecule has 2 aliphatic heterocycles. The van der Waals surface area contributed by atoms with Crippen molar-refractivity contribution >= 4 is 17.0 Å². The predicted molar refractivity (Wildman–Crippen MR) is 124 cm³/mol. The highest BCUT2D eigenvalue weighted by Gasteiger charge is 2.48. The van der Waals surface area contributed by atoms with E-state index in [2.05, 4.69) is 11.8 Å². The van der Waals surface area contributed by atoms with Gasteiger partial charge in [0.05, 0.1) is 5.69 Å². The van der Waals surface area contributed by atoms with Crippen molar-refractivity contribution in [2.24, 2.45) is 7.05 Å². The number of pyridine rings is 1. The molecule has 11 heteroatoms. The van der Waals surface area contributed by atoms with Crippen LogP contribution >= 0.6 is 0 Å². The number of nitrogens with zero attached hydrogens (tertiary/aromatic N) is 4. The molecule has 4 N–H and O–H groups in total. The van der Waals surface area contributed by atoms with Crippen LogP contribution < -0.4 is 4.74 Å². The molecular formula is C24H34N4O7. The number of aliphatic hydroxyl groups excluding tert-OH is 3. The van der Waals surface area contributed by atoms with Gasteiger partial charge in [-0.2, -0.15) is 10.1 Å². The molecule has 0 amide bonds. The average Bonchev–Trinajstić information content (AvgIpc) is 3.44. The van der Waals surface area contributed by atoms with E-state index in [0.717, 1.165) is 80.4 Å². The van der Waals surface area contributed by atoms with Crippen molar-refractivity contribution in [1.82, 2.24) is 19.7 Å². The smallest absolute Gasteiger partial charge is 0.335 e. The van der Waals surface area contributed by atoms with Crippen LogP contribution in [0.1, 0.15) is 55.3 Å². The normalized spacial score (nSPS) is 31.6. The van der Waals surface area contributed by atoms with Gasteiger partial charge in [0.25, 0.3) is 0 Å². The summed E-state index contributed by atoms with van der Waals surface area (Å²) >= 11 is 0. The quantitative estimate of drug-likeness (QED) is 0.446. The summed E-state index contributed by atoms with van der Waals surface area (Å²) < 4.78 is 13.1. The molecule has 5 rings (SSSR count). The van der Waals surface area contributed by atoms with Crippen LogP contribution in [0.25, 0.3) is 11.0 Å². The second-order valence-corrected chi connectivity index (χ2v) is 9.93. The van der Waals surface area contributed by atoms with Gasteiger partial charge < -0.3 is 34.8 Å². The van der Waals surface area contributed by atoms with Gasteiger partial charge in [-0.3, -0.25) is 4.68 Å². The Hall–Kier alpha value is -2.31. The first kappa shape index (κ1) is 24.4. The summed E-state index contributed by atoms with van der Waals surface area (Å²) in [6.45, 7) is 5.31. The summed E-state index contributed by atoms with van der Waals surface area (Å²) in [5.74, 6) is -0.869. The zero-order valence-corrected chi connectivity index (χ0v) is 20.1. The number of aliphatic carboxylic acids is 1. The van der Waals surface area contributed by atoms with E-state index in [1.54, 1.807) is 4.68 Å². The van der Waals surface area contributed by atoms with Gasteiger partial charge in [0, 0.05) is 30.5 Å². The van der Waals surface area contributed by atoms with Crippen LogP contribution in [-0.2, 0) is 29.4 Å². The molecule has 0 saturated carbocycles. The molecule has 2 saturated heterocycles. The molecule has 0 spiro atoms. The Labute approximate surface area is 203 Å². The minimum absolute atomic E-state index is 0.248. The summed E-state index contributed by atoms with van der Waals surface area (Å²) in [6, 6.07) is 0. The first-order chi connectivity index (χ1) is 16.8. The van der Waals surface area contributed by atoms with Crippen molar-refractivity contribution in [2.45, 2.75) is 82.1 Å². The van der Waals surface area contributed by atoms with Crippen molar-refractivity contribution in [2.75, 3.05) is 19.6 Å². The van der Waals surface area contributed by atoms with Crippen molar-refractivity contribution < 1.29 is 34.7 Å². The zero-order chi connectivity index (χ0) is 24.9. The number of carboxylic acids is 1. The highest BCUT2D eigenvalue weighted by atomic mass is 16.7. The van der Waals surface area contributed by atoms with Crippen LogP contribution in [0.15, 0.2) is 0 Å². The number of likely N-dealkylation sites (tertiary alicyclic amines) is 1. The second kappa shape index (κ2) is 9.62. The van der Waals surface area contributed by atoms with Gasteiger partial charge in [0.15, 0.2) is 11.8 Å². The minimum atomic E-state index is -1.77. The third-order valence-electron chi connectivity index (χ3n) is 7.52. The van der Waals surface area contributed by atoms with Crippen molar-refractivity contribution in [1.29, 1.82) is 0 Å². The molecule has 0 radical (unpaired) electrons. The first-order valence-electron chi connectivity index (χ1n) is 12.5. The van der Waals surface area contributed by atoms with Gasteiger partial charge in [-0.25, -0.2) is 4.79 Å². The minimum Gasteiger partial charge on any atom is -0.479 e. The summed E-state index contributed by atoms with van der Waals surface area (Å²) in [7, 11) is 1.85. The Morgan fingerprint density at radius 1 is 1.14 bits per heavy atom. The molecule has 1 aliphatic carbocycles. The molecular weight excluding hydrogens is 456 g/mol. The Morgan fingerprint density at radius 3 is 2.60 bits per heavy atom. The molecule has 2 aromatic heterocycles. The van der Waals surface area contributed by atoms with Gasteiger partial charge in [0.1, 0.15) is 18.3 Å². The summed E-state index contributed by atoms with van der Waals surface area (Å²) in [4.78, 5) is 18.7. The lowest BCUT2D eigenvalue weighted by atomic mass is 9.88. The van der Waals surface area contributed by atoms with Crippen LogP contribution in [0.3, 0.4) is 0 Å². The van der Waals surface area contributed by atoms with E-state index in [0.29, 0.717) is 11.6 Å². The number of carbonyl (C=O) groups is 1. The molecule has 0 bridgehead atoms. The zero-order valence-electron chi connectivity index (χ0n) is 20.1. The highest BCUT2D eigenvalue weighted by molar-refractivity contribution is 5.85. The van der Waals surface area contributed by atoms with E-state index in [-0.39, 0.29) is 5.88 Å². The Balaban J connectivity index is 1.52. The predicted octanol–water partition coefficient (Wildman–Crippen LogP) is 0.317. The van der Waals surface area contributed by atoms with Gasteiger partial charge >= 0.3 is 5.97 Å². The van der Waals surface area contributed by atoms with Crippen LogP contribution in [0.4, 0.5) is 0 Å². The monoisotopic (exact) mass is 490 g/mol. The maximum absolute atomic E-state index is 11.5. The maximum atomic E-state index is 11.5. The van der Waals surface area contributed by atoms with Crippen LogP contribution in [-0.4, -0.2) is 96.4 Å². The van der Waals surface area contributed by atoms with Crippen molar-refractivity contribution in [3.05, 3.63) is 16.8 Å². The van der Waals surface area contributed by atoms with Crippen molar-refractivity contribution in [3.8, 4) is 5.88 Å². The Morgan fingerprint density at radius 2 is 1.89 bits per heavy atom. The molecule has 192 valence electrons. The fourth-order valence-electron chi connectivity index (χ4n) is 5.75. The molecule has 0 aromatic carbocycles. The lowest BCUT2D eigenvalue weighted by Gasteiger charge is -2.38. The highest BCUT2D eigenvalue weighted by Crippen LogP contribution is 2.40. The largest absolute Gasteiger partial charge is 0.479 e. The van der Waals surface area contributed by atoms with Gasteiger partial charge in [-0.1, -0.05) is 6.92 Å².